The molecule has 0 aliphatic heterocycles. The average Bonchev–Trinajstić information content (AvgIpc) is 2.99. The minimum absolute atomic E-state index is 0.117. The van der Waals surface area contributed by atoms with Crippen molar-refractivity contribution in [2.75, 3.05) is 5.75 Å². The Hall–Kier alpha value is -2.38. The molecule has 1 atom stereocenters. The topological polar surface area (TPSA) is 84.6 Å². The Balaban J connectivity index is 2.09. The maximum absolute atomic E-state index is 13.8. The second-order valence-corrected chi connectivity index (χ2v) is 8.97. The fourth-order valence-electron chi connectivity index (χ4n) is 3.19. The number of rotatable bonds is 2. The summed E-state index contributed by atoms with van der Waals surface area (Å²) in [5.74, 6) is 0.0335. The van der Waals surface area contributed by atoms with E-state index in [2.05, 4.69) is 15.0 Å². The van der Waals surface area contributed by atoms with Crippen molar-refractivity contribution in [3.63, 3.8) is 0 Å². The molecule has 0 spiro atoms. The van der Waals surface area contributed by atoms with E-state index in [4.69, 9.17) is 0 Å². The summed E-state index contributed by atoms with van der Waals surface area (Å²) in [5.41, 5.74) is 0.818. The van der Waals surface area contributed by atoms with Gasteiger partial charge in [0, 0.05) is 38.9 Å². The summed E-state index contributed by atoms with van der Waals surface area (Å²) in [6, 6.07) is 6.03. The first-order valence-electron chi connectivity index (χ1n) is 8.25. The molecule has 2 aromatic carbocycles. The second kappa shape index (κ2) is 5.82. The van der Waals surface area contributed by atoms with Crippen LogP contribution in [0.4, 0.5) is 4.39 Å². The summed E-state index contributed by atoms with van der Waals surface area (Å²) in [6.07, 6.45) is 1.54. The molecule has 0 amide bonds. The lowest BCUT2D eigenvalue weighted by atomic mass is 10.0. The van der Waals surface area contributed by atoms with Crippen molar-refractivity contribution < 1.29 is 8.94 Å². The van der Waals surface area contributed by atoms with Gasteiger partial charge in [-0.25, -0.2) is 4.39 Å². The van der Waals surface area contributed by atoms with E-state index in [0.717, 1.165) is 0 Å². The highest BCUT2D eigenvalue weighted by Gasteiger charge is 2.26. The largest absolute Gasteiger partial charge is 0.609 e. The maximum atomic E-state index is 13.8. The summed E-state index contributed by atoms with van der Waals surface area (Å²) >= 11 is -1.31. The van der Waals surface area contributed by atoms with E-state index in [1.807, 2.05) is 20.8 Å². The quantitative estimate of drug-likeness (QED) is 0.415. The first-order chi connectivity index (χ1) is 12.2. The Morgan fingerprint density at radius 3 is 2.69 bits per heavy atom. The van der Waals surface area contributed by atoms with Crippen LogP contribution in [-0.2, 0) is 11.2 Å². The van der Waals surface area contributed by atoms with Gasteiger partial charge in [-0.15, -0.1) is 0 Å². The fourth-order valence-corrected chi connectivity index (χ4v) is 4.53. The van der Waals surface area contributed by atoms with Gasteiger partial charge in [0.05, 0.1) is 10.9 Å². The molecule has 0 radical (unpaired) electrons. The van der Waals surface area contributed by atoms with Crippen LogP contribution in [0.5, 0.6) is 0 Å². The number of imidazole rings is 1. The number of H-pyrrole nitrogens is 2. The van der Waals surface area contributed by atoms with Crippen molar-refractivity contribution in [1.29, 1.82) is 0 Å². The molecule has 4 rings (SSSR count). The van der Waals surface area contributed by atoms with Crippen molar-refractivity contribution >= 4 is 43.8 Å². The minimum atomic E-state index is -1.31. The molecule has 1 unspecified atom stereocenters. The van der Waals surface area contributed by atoms with Crippen LogP contribution in [0, 0.1) is 11.2 Å². The molecule has 26 heavy (non-hydrogen) atoms. The van der Waals surface area contributed by atoms with E-state index in [9.17, 15) is 13.7 Å². The Bertz CT molecular complexity index is 1210. The molecular formula is C19H18FN3O2S. The fraction of sp³-hybridized carbons (Fsp3) is 0.263. The van der Waals surface area contributed by atoms with Gasteiger partial charge in [0.15, 0.2) is 0 Å². The number of nitrogens with zero attached hydrogens (tertiary/aromatic N) is 1. The van der Waals surface area contributed by atoms with Crippen LogP contribution < -0.4 is 5.56 Å². The predicted octanol–water partition coefficient (Wildman–Crippen LogP) is 3.85. The lowest BCUT2D eigenvalue weighted by Crippen LogP contribution is -2.21. The van der Waals surface area contributed by atoms with Crippen molar-refractivity contribution in [2.45, 2.75) is 25.9 Å². The average molecular weight is 371 g/mol. The Kier molecular flexibility index (Phi) is 3.82. The SMILES string of the molecule is CC(C)(C)C[S+]([O-])c1nc2c3ccc(F)cc3c3c(=O)[nH]ccc3c2[nH]1. The summed E-state index contributed by atoms with van der Waals surface area (Å²) in [5, 5.41) is 2.54. The Labute approximate surface area is 151 Å². The van der Waals surface area contributed by atoms with Crippen LogP contribution in [-0.4, -0.2) is 25.3 Å². The number of hydrogen-bond acceptors (Lipinski definition) is 3. The Morgan fingerprint density at radius 1 is 1.19 bits per heavy atom. The van der Waals surface area contributed by atoms with Gasteiger partial charge in [-0.05, 0) is 24.3 Å². The molecule has 0 aliphatic rings. The number of aromatic amines is 2. The van der Waals surface area contributed by atoms with E-state index in [0.29, 0.717) is 43.5 Å². The monoisotopic (exact) mass is 371 g/mol. The zero-order chi connectivity index (χ0) is 18.6. The van der Waals surface area contributed by atoms with Crippen molar-refractivity contribution in [3.8, 4) is 0 Å². The molecule has 7 heteroatoms. The number of pyridine rings is 1. The van der Waals surface area contributed by atoms with Crippen LogP contribution >= 0.6 is 0 Å². The lowest BCUT2D eigenvalue weighted by molar-refractivity contribution is 0.460. The first-order valence-corrected chi connectivity index (χ1v) is 9.57. The molecule has 2 aromatic heterocycles. The van der Waals surface area contributed by atoms with Gasteiger partial charge >= 0.3 is 5.16 Å². The molecule has 0 saturated heterocycles. The summed E-state index contributed by atoms with van der Waals surface area (Å²) in [4.78, 5) is 22.7. The highest BCUT2D eigenvalue weighted by atomic mass is 32.2. The smallest absolute Gasteiger partial charge is 0.321 e. The molecular weight excluding hydrogens is 353 g/mol. The molecule has 4 aromatic rings. The van der Waals surface area contributed by atoms with Gasteiger partial charge in [-0.3, -0.25) is 9.78 Å². The molecule has 134 valence electrons. The number of fused-ring (bicyclic) bond motifs is 6. The lowest BCUT2D eigenvalue weighted by Gasteiger charge is -2.18. The van der Waals surface area contributed by atoms with Crippen molar-refractivity contribution in [3.05, 3.63) is 46.6 Å². The highest BCUT2D eigenvalue weighted by molar-refractivity contribution is 7.91. The molecule has 0 fully saturated rings. The van der Waals surface area contributed by atoms with Crippen LogP contribution in [0.1, 0.15) is 20.8 Å². The van der Waals surface area contributed by atoms with E-state index in [1.165, 1.54) is 12.1 Å². The van der Waals surface area contributed by atoms with Gasteiger partial charge in [0.25, 0.3) is 5.56 Å². The summed E-state index contributed by atoms with van der Waals surface area (Å²) < 4.78 is 26.5. The zero-order valence-electron chi connectivity index (χ0n) is 14.6. The third-order valence-electron chi connectivity index (χ3n) is 4.20. The number of hydrogen-bond donors (Lipinski definition) is 2. The van der Waals surface area contributed by atoms with Crippen LogP contribution in [0.3, 0.4) is 0 Å². The number of aromatic nitrogens is 3. The van der Waals surface area contributed by atoms with E-state index in [-0.39, 0.29) is 11.0 Å². The van der Waals surface area contributed by atoms with Gasteiger partial charge in [0.1, 0.15) is 17.1 Å². The van der Waals surface area contributed by atoms with Crippen molar-refractivity contribution in [1.82, 2.24) is 15.0 Å². The molecule has 0 aliphatic carbocycles. The highest BCUT2D eigenvalue weighted by Crippen LogP contribution is 2.33. The predicted molar refractivity (Wildman–Crippen MR) is 102 cm³/mol. The molecule has 5 nitrogen and oxygen atoms in total. The third-order valence-corrected chi connectivity index (χ3v) is 5.95. The van der Waals surface area contributed by atoms with E-state index < -0.39 is 17.0 Å². The second-order valence-electron chi connectivity index (χ2n) is 7.60. The number of nitrogens with one attached hydrogen (secondary N) is 2. The van der Waals surface area contributed by atoms with Gasteiger partial charge in [0.2, 0.25) is 0 Å². The van der Waals surface area contributed by atoms with Crippen molar-refractivity contribution in [2.24, 2.45) is 5.41 Å². The molecule has 0 bridgehead atoms. The summed E-state index contributed by atoms with van der Waals surface area (Å²) in [6.45, 7) is 6.04. The van der Waals surface area contributed by atoms with Crippen LogP contribution in [0.25, 0.3) is 32.6 Å². The standard InChI is InChI=1S/C19H18FN3O2S/c1-19(2,3)9-26(25)18-22-15-11-5-4-10(20)8-13(11)14-12(16(15)23-18)6-7-21-17(14)24/h4-8H,9H2,1-3H3,(H,21,24)(H,22,23). The van der Waals surface area contributed by atoms with Gasteiger partial charge in [-0.2, -0.15) is 4.98 Å². The van der Waals surface area contributed by atoms with E-state index >= 15 is 0 Å². The third kappa shape index (κ3) is 2.77. The van der Waals surface area contributed by atoms with Crippen LogP contribution in [0.15, 0.2) is 40.4 Å². The van der Waals surface area contributed by atoms with Gasteiger partial charge < -0.3 is 9.54 Å². The first kappa shape index (κ1) is 17.1. The van der Waals surface area contributed by atoms with Gasteiger partial charge in [-0.1, -0.05) is 20.8 Å². The number of benzene rings is 2. The van der Waals surface area contributed by atoms with Crippen LogP contribution in [0.2, 0.25) is 0 Å². The normalized spacial score (nSPS) is 13.7. The Morgan fingerprint density at radius 2 is 1.96 bits per heavy atom. The summed E-state index contributed by atoms with van der Waals surface area (Å²) in [7, 11) is 0. The minimum Gasteiger partial charge on any atom is -0.609 e. The van der Waals surface area contributed by atoms with E-state index in [1.54, 1.807) is 18.3 Å². The molecule has 2 heterocycles. The molecule has 0 saturated carbocycles. The zero-order valence-corrected chi connectivity index (χ0v) is 15.5. The maximum Gasteiger partial charge on any atom is 0.321 e. The number of halogens is 1. The molecule has 2 N–H and O–H groups in total.